The second-order valence-corrected chi connectivity index (χ2v) is 31.8. The van der Waals surface area contributed by atoms with Crippen molar-refractivity contribution in [1.82, 2.24) is 21.3 Å². The van der Waals surface area contributed by atoms with Crippen molar-refractivity contribution in [2.45, 2.75) is 407 Å². The average Bonchev–Trinajstić information content (AvgIpc) is 0.919. The van der Waals surface area contributed by atoms with Crippen LogP contribution in [0.4, 0.5) is 19.2 Å². The van der Waals surface area contributed by atoms with Gasteiger partial charge in [-0.2, -0.15) is 0 Å². The van der Waals surface area contributed by atoms with Gasteiger partial charge < -0.3 is 103 Å². The molecule has 0 unspecified atom stereocenters. The number of aliphatic carboxylic acids is 6. The molecule has 0 aromatic heterocycles. The quantitative estimate of drug-likeness (QED) is 0.0153. The second-order valence-electron chi connectivity index (χ2n) is 31.8. The fourth-order valence-corrected chi connectivity index (χ4v) is 9.43. The van der Waals surface area contributed by atoms with Crippen molar-refractivity contribution >= 4 is 72.1 Å². The van der Waals surface area contributed by atoms with Gasteiger partial charge >= 0.3 is 72.1 Å². The first-order chi connectivity index (χ1) is 55.0. The fourth-order valence-electron chi connectivity index (χ4n) is 9.43. The van der Waals surface area contributed by atoms with E-state index in [1.807, 2.05) is 62.3 Å². The number of esters is 2. The highest BCUT2D eigenvalue weighted by Crippen LogP contribution is 2.16. The topological polar surface area (TPSA) is 534 Å². The van der Waals surface area contributed by atoms with Gasteiger partial charge in [-0.15, -0.1) is 0 Å². The van der Waals surface area contributed by atoms with E-state index >= 15 is 0 Å². The van der Waals surface area contributed by atoms with Gasteiger partial charge in [0.2, 0.25) is 0 Å². The van der Waals surface area contributed by atoms with Gasteiger partial charge in [0.1, 0.15) is 22.4 Å². The zero-order valence-corrected chi connectivity index (χ0v) is 75.2. The summed E-state index contributed by atoms with van der Waals surface area (Å²) in [6, 6.07) is 0. The van der Waals surface area contributed by atoms with Crippen molar-refractivity contribution in [1.29, 1.82) is 0 Å². The Morgan fingerprint density at radius 1 is 0.239 bits per heavy atom. The number of methoxy groups -OCH3 is 2. The number of unbranched alkanes of at least 4 members (excludes halogenated alkanes) is 30. The predicted molar refractivity (Wildman–Crippen MR) is 460 cm³/mol. The van der Waals surface area contributed by atoms with Gasteiger partial charge in [0.05, 0.1) is 14.2 Å². The Morgan fingerprint density at radius 2 is 0.393 bits per heavy atom. The molecule has 32 nitrogen and oxygen atoms in total. The number of nitrogens with one attached hydrogen (secondary N) is 4. The summed E-state index contributed by atoms with van der Waals surface area (Å²) in [4.78, 5) is 128. The SMILES string of the molecule is CC(C)(C)OC(=O)NCCCCCC(=O)O.CC(C)(C)OC(=O)NCCCCCCCC(=O)O.CC(C)(C)OC(=O)NCCCCCCCCC(=O)O.CCC(C)(C)OC(=O)NCCCCCCCC(=O)O.COC(=O)CCCCCCCCN.COC(=O)CCCCCCCN.NCCCCCC(=O)O.NCCCCCCCC(=O)O. The minimum atomic E-state index is -0.778. The molecule has 18 N–H and O–H groups in total. The first-order valence-electron chi connectivity index (χ1n) is 43.1. The first-order valence-corrected chi connectivity index (χ1v) is 43.1. The lowest BCUT2D eigenvalue weighted by atomic mass is 10.1. The zero-order valence-electron chi connectivity index (χ0n) is 75.2. The van der Waals surface area contributed by atoms with Gasteiger partial charge in [0.15, 0.2) is 0 Å². The molecule has 0 spiro atoms. The molecule has 0 aromatic rings. The third kappa shape index (κ3) is 141. The predicted octanol–water partition coefficient (Wildman–Crippen LogP) is 17.0. The molecule has 694 valence electrons. The van der Waals surface area contributed by atoms with Crippen LogP contribution in [0.2, 0.25) is 0 Å². The first kappa shape index (κ1) is 125. The number of amides is 4. The van der Waals surface area contributed by atoms with Crippen molar-refractivity contribution in [2.24, 2.45) is 22.9 Å². The summed E-state index contributed by atoms with van der Waals surface area (Å²) in [7, 11) is 2.86. The standard InChI is InChI=1S/2C14H27NO4.C13H25NO4.C11H21NO4.C10H21NO2.C9H19NO2.C8H17NO2.C6H13NO2/c1-14(2,3)19-13(18)15-11-9-7-5-4-6-8-10-12(16)17;1-4-14(2,3)19-13(18)15-11-9-7-5-6-8-10-12(16)17;1-13(2,3)18-12(17)14-10-8-6-4-5-7-9-11(15)16;1-11(2,3)16-10(15)12-8-6-4-5-7-9(13)14;1-13-10(12)8-6-4-2-3-5-7-9-11;1-12-9(11)7-5-3-2-4-6-8-10;9-7-5-3-1-2-4-6-8(10)11;7-5-3-1-2-4-6(8)9/h2*4-11H2,1-3H3,(H,15,18)(H,16,17);4-10H2,1-3H3,(H,14,17)(H,15,16);4-8H2,1-3H3,(H,12,15)(H,13,14);2-9,11H2,1H3;2-8,10H2,1H3;1-7,9H2,(H,10,11);1-5,7H2,(H,8,9). The summed E-state index contributed by atoms with van der Waals surface area (Å²) in [5.41, 5.74) is 19.4. The number of alkyl carbamates (subject to hydrolysis) is 4. The molecule has 0 fully saturated rings. The highest BCUT2D eigenvalue weighted by Gasteiger charge is 2.21. The van der Waals surface area contributed by atoms with Gasteiger partial charge in [-0.3, -0.25) is 38.4 Å². The van der Waals surface area contributed by atoms with E-state index in [0.717, 1.165) is 232 Å². The summed E-state index contributed by atoms with van der Waals surface area (Å²) in [6.45, 7) is 27.5. The third-order valence-corrected chi connectivity index (χ3v) is 16.1. The Morgan fingerprint density at radius 3 is 0.564 bits per heavy atom. The van der Waals surface area contributed by atoms with Crippen LogP contribution in [-0.2, 0) is 66.8 Å². The number of carboxylic acid groups (broad SMARTS) is 6. The van der Waals surface area contributed by atoms with E-state index in [4.69, 9.17) is 72.5 Å². The van der Waals surface area contributed by atoms with Crippen molar-refractivity contribution in [2.75, 3.05) is 66.6 Å². The van der Waals surface area contributed by atoms with Gasteiger partial charge in [-0.1, -0.05) is 148 Å². The molecule has 0 heterocycles. The van der Waals surface area contributed by atoms with Gasteiger partial charge in [0, 0.05) is 77.5 Å². The van der Waals surface area contributed by atoms with Crippen LogP contribution in [0.5, 0.6) is 0 Å². The number of rotatable bonds is 60. The molecular formula is C85H170N8O24. The Bertz CT molecular complexity index is 2410. The van der Waals surface area contributed by atoms with E-state index in [1.54, 1.807) is 20.8 Å². The molecule has 0 aromatic carbocycles. The van der Waals surface area contributed by atoms with Crippen LogP contribution in [-0.4, -0.2) is 192 Å². The fraction of sp³-hybridized carbons (Fsp3) is 0.859. The van der Waals surface area contributed by atoms with Crippen LogP contribution in [0.3, 0.4) is 0 Å². The van der Waals surface area contributed by atoms with Crippen molar-refractivity contribution in [3.05, 3.63) is 0 Å². The van der Waals surface area contributed by atoms with Crippen LogP contribution in [0.1, 0.15) is 385 Å². The largest absolute Gasteiger partial charge is 0.481 e. The maximum Gasteiger partial charge on any atom is 0.407 e. The molecule has 0 atom stereocenters. The molecule has 0 saturated carbocycles. The smallest absolute Gasteiger partial charge is 0.407 e. The minimum Gasteiger partial charge on any atom is -0.481 e. The van der Waals surface area contributed by atoms with E-state index in [2.05, 4.69) is 30.7 Å². The molecule has 4 amide bonds. The lowest BCUT2D eigenvalue weighted by molar-refractivity contribution is -0.141. The van der Waals surface area contributed by atoms with E-state index in [1.165, 1.54) is 46.3 Å². The lowest BCUT2D eigenvalue weighted by Crippen LogP contribution is -2.34. The van der Waals surface area contributed by atoms with Gasteiger partial charge in [0.25, 0.3) is 0 Å². The molecule has 0 rings (SSSR count). The number of hydrogen-bond acceptors (Lipinski definition) is 22. The van der Waals surface area contributed by atoms with Crippen molar-refractivity contribution in [3.8, 4) is 0 Å². The van der Waals surface area contributed by atoms with Gasteiger partial charge in [-0.25, -0.2) is 19.2 Å². The van der Waals surface area contributed by atoms with E-state index in [9.17, 15) is 57.5 Å². The van der Waals surface area contributed by atoms with Crippen LogP contribution < -0.4 is 44.2 Å². The Hall–Kier alpha value is -7.32. The molecule has 0 aliphatic carbocycles. The molecule has 0 bridgehead atoms. The number of ether oxygens (including phenoxy) is 6. The number of carboxylic acids is 6. The molecule has 32 heteroatoms. The van der Waals surface area contributed by atoms with E-state index in [0.29, 0.717) is 58.4 Å². The minimum absolute atomic E-state index is 0.0954. The summed E-state index contributed by atoms with van der Waals surface area (Å²) in [6.07, 6.45) is 39.2. The third-order valence-electron chi connectivity index (χ3n) is 16.1. The second kappa shape index (κ2) is 91.0. The maximum absolute atomic E-state index is 11.4. The van der Waals surface area contributed by atoms with Crippen molar-refractivity contribution in [3.63, 3.8) is 0 Å². The van der Waals surface area contributed by atoms with Crippen LogP contribution >= 0.6 is 0 Å². The van der Waals surface area contributed by atoms with E-state index < -0.39 is 64.3 Å². The van der Waals surface area contributed by atoms with Crippen LogP contribution in [0, 0.1) is 0 Å². The molecule has 0 radical (unpaired) electrons. The van der Waals surface area contributed by atoms with Crippen LogP contribution in [0.15, 0.2) is 0 Å². The van der Waals surface area contributed by atoms with Crippen LogP contribution in [0.25, 0.3) is 0 Å². The summed E-state index contributed by atoms with van der Waals surface area (Å²) < 4.78 is 29.5. The van der Waals surface area contributed by atoms with E-state index in [-0.39, 0.29) is 62.3 Å². The van der Waals surface area contributed by atoms with Crippen molar-refractivity contribution < 1.29 is 117 Å². The normalized spacial score (nSPS) is 10.6. The maximum atomic E-state index is 11.4. The Kier molecular flexibility index (Phi) is 97.5. The highest BCUT2D eigenvalue weighted by molar-refractivity contribution is 5.71. The lowest BCUT2D eigenvalue weighted by Gasteiger charge is -2.23. The monoisotopic (exact) mass is 1690 g/mol. The molecule has 0 aliphatic rings. The summed E-state index contributed by atoms with van der Waals surface area (Å²) in [5.74, 6) is -4.57. The molecule has 0 aliphatic heterocycles. The number of hydrogen-bond donors (Lipinski definition) is 14. The molecular weight excluding hydrogens is 1520 g/mol. The summed E-state index contributed by atoms with van der Waals surface area (Å²) in [5, 5.41) is 61.0. The van der Waals surface area contributed by atoms with Gasteiger partial charge in [-0.05, 0) is 211 Å². The Balaban J connectivity index is -0.000000195. The number of carbonyl (C=O) groups is 12. The average molecular weight is 1690 g/mol. The highest BCUT2D eigenvalue weighted by atomic mass is 16.6. The molecule has 117 heavy (non-hydrogen) atoms. The molecule has 0 saturated heterocycles. The Labute approximate surface area is 703 Å². The zero-order chi connectivity index (χ0) is 90.9. The number of carbonyl (C=O) groups excluding carboxylic acids is 6. The summed E-state index contributed by atoms with van der Waals surface area (Å²) >= 11 is 0. The number of nitrogens with two attached hydrogens (primary N) is 4.